The van der Waals surface area contributed by atoms with Crippen molar-refractivity contribution in [3.63, 3.8) is 0 Å². The van der Waals surface area contributed by atoms with Crippen LogP contribution in [0.1, 0.15) is 11.1 Å². The van der Waals surface area contributed by atoms with Gasteiger partial charge in [0.1, 0.15) is 17.5 Å². The van der Waals surface area contributed by atoms with Crippen LogP contribution >= 0.6 is 15.9 Å². The van der Waals surface area contributed by atoms with Gasteiger partial charge in [-0.3, -0.25) is 0 Å². The maximum absolute atomic E-state index is 13.6. The van der Waals surface area contributed by atoms with Crippen molar-refractivity contribution in [3.05, 3.63) is 63.4 Å². The van der Waals surface area contributed by atoms with Crippen LogP contribution in [0.4, 0.5) is 18.9 Å². The van der Waals surface area contributed by atoms with Crippen molar-refractivity contribution in [1.82, 2.24) is 0 Å². The van der Waals surface area contributed by atoms with E-state index >= 15 is 0 Å². The second-order valence-corrected chi connectivity index (χ2v) is 4.87. The topological polar surface area (TPSA) is 35.8 Å². The van der Waals surface area contributed by atoms with E-state index in [0.29, 0.717) is 5.56 Å². The van der Waals surface area contributed by atoms with E-state index < -0.39 is 17.5 Å². The molecule has 0 aliphatic rings. The Hall–Kier alpha value is -2.00. The van der Waals surface area contributed by atoms with Gasteiger partial charge in [-0.25, -0.2) is 13.2 Å². The third kappa shape index (κ3) is 3.11. The third-order valence-electron chi connectivity index (χ3n) is 2.65. The molecular formula is C14H8BrF3N2. The number of hydrogen-bond acceptors (Lipinski definition) is 2. The molecule has 6 heteroatoms. The molecule has 0 unspecified atom stereocenters. The minimum absolute atomic E-state index is 0.0435. The summed E-state index contributed by atoms with van der Waals surface area (Å²) in [6, 6.07) is 7.50. The molecule has 102 valence electrons. The highest BCUT2D eigenvalue weighted by Crippen LogP contribution is 2.27. The summed E-state index contributed by atoms with van der Waals surface area (Å²) >= 11 is 3.04. The van der Waals surface area contributed by atoms with E-state index in [4.69, 9.17) is 5.26 Å². The van der Waals surface area contributed by atoms with Gasteiger partial charge in [-0.05, 0) is 45.8 Å². The Morgan fingerprint density at radius 1 is 1.10 bits per heavy atom. The van der Waals surface area contributed by atoms with Crippen LogP contribution in [-0.2, 0) is 6.54 Å². The van der Waals surface area contributed by atoms with Crippen molar-refractivity contribution < 1.29 is 13.2 Å². The lowest BCUT2D eigenvalue weighted by atomic mass is 10.1. The third-order valence-corrected chi connectivity index (χ3v) is 3.28. The minimum Gasteiger partial charge on any atom is -0.378 e. The van der Waals surface area contributed by atoms with Crippen LogP contribution in [-0.4, -0.2) is 0 Å². The number of nitrogens with zero attached hydrogens (tertiary/aromatic N) is 1. The summed E-state index contributed by atoms with van der Waals surface area (Å²) in [7, 11) is 0. The molecule has 0 heterocycles. The van der Waals surface area contributed by atoms with Crippen LogP contribution in [0.5, 0.6) is 0 Å². The number of nitrogens with one attached hydrogen (secondary N) is 1. The predicted octanol–water partition coefficient (Wildman–Crippen LogP) is 4.35. The summed E-state index contributed by atoms with van der Waals surface area (Å²) in [4.78, 5) is 0. The SMILES string of the molecule is N#Cc1ccc(F)cc1CNc1c(F)cc(F)cc1Br. The van der Waals surface area contributed by atoms with E-state index in [1.165, 1.54) is 18.2 Å². The zero-order chi connectivity index (χ0) is 14.7. The lowest BCUT2D eigenvalue weighted by Gasteiger charge is -2.11. The van der Waals surface area contributed by atoms with Crippen molar-refractivity contribution in [2.45, 2.75) is 6.54 Å². The first-order chi connectivity index (χ1) is 9.51. The van der Waals surface area contributed by atoms with E-state index in [2.05, 4.69) is 21.2 Å². The van der Waals surface area contributed by atoms with Crippen LogP contribution in [0, 0.1) is 28.8 Å². The first-order valence-corrected chi connectivity index (χ1v) is 6.37. The molecule has 0 amide bonds. The number of halogens is 4. The lowest BCUT2D eigenvalue weighted by Crippen LogP contribution is -2.05. The lowest BCUT2D eigenvalue weighted by molar-refractivity contribution is 0.583. The van der Waals surface area contributed by atoms with Gasteiger partial charge in [0.15, 0.2) is 0 Å². The summed E-state index contributed by atoms with van der Waals surface area (Å²) in [5.41, 5.74) is 0.736. The van der Waals surface area contributed by atoms with E-state index in [1.807, 2.05) is 6.07 Å². The van der Waals surface area contributed by atoms with Gasteiger partial charge in [-0.15, -0.1) is 0 Å². The second kappa shape index (κ2) is 5.97. The van der Waals surface area contributed by atoms with E-state index in [1.54, 1.807) is 0 Å². The van der Waals surface area contributed by atoms with Crippen molar-refractivity contribution in [2.24, 2.45) is 0 Å². The molecule has 0 saturated carbocycles. The van der Waals surface area contributed by atoms with Crippen LogP contribution in [0.3, 0.4) is 0 Å². The molecule has 2 rings (SSSR count). The summed E-state index contributed by atoms with van der Waals surface area (Å²) in [5, 5.41) is 11.6. The number of anilines is 1. The molecular weight excluding hydrogens is 333 g/mol. The molecule has 0 fully saturated rings. The number of hydrogen-bond donors (Lipinski definition) is 1. The molecule has 0 spiro atoms. The molecule has 1 N–H and O–H groups in total. The van der Waals surface area contributed by atoms with Gasteiger partial charge in [-0.2, -0.15) is 5.26 Å². The first kappa shape index (κ1) is 14.4. The molecule has 0 saturated heterocycles. The summed E-state index contributed by atoms with van der Waals surface area (Å²) in [6.45, 7) is 0.0435. The van der Waals surface area contributed by atoms with Crippen molar-refractivity contribution >= 4 is 21.6 Å². The van der Waals surface area contributed by atoms with Crippen molar-refractivity contribution in [2.75, 3.05) is 5.32 Å². The fourth-order valence-corrected chi connectivity index (χ4v) is 2.26. The Balaban J connectivity index is 2.26. The zero-order valence-corrected chi connectivity index (χ0v) is 11.6. The number of benzene rings is 2. The Bertz CT molecular complexity index is 672. The molecule has 2 aromatic rings. The van der Waals surface area contributed by atoms with Gasteiger partial charge >= 0.3 is 0 Å². The Kier molecular flexibility index (Phi) is 4.30. The van der Waals surface area contributed by atoms with E-state index in [0.717, 1.165) is 12.1 Å². The normalized spacial score (nSPS) is 10.2. The summed E-state index contributed by atoms with van der Waals surface area (Å²) in [5.74, 6) is -1.96. The molecule has 0 aliphatic heterocycles. The van der Waals surface area contributed by atoms with Gasteiger partial charge in [0.2, 0.25) is 0 Å². The summed E-state index contributed by atoms with van der Waals surface area (Å²) < 4.78 is 39.9. The molecule has 2 aromatic carbocycles. The maximum Gasteiger partial charge on any atom is 0.150 e. The van der Waals surface area contributed by atoms with Gasteiger partial charge in [0, 0.05) is 17.1 Å². The standard InChI is InChI=1S/C14H8BrF3N2/c15-12-4-11(17)5-13(18)14(12)20-7-9-3-10(16)2-1-8(9)6-19/h1-5,20H,7H2. The average Bonchev–Trinajstić information content (AvgIpc) is 2.37. The van der Waals surface area contributed by atoms with Crippen LogP contribution in [0.15, 0.2) is 34.8 Å². The van der Waals surface area contributed by atoms with Gasteiger partial charge in [0.25, 0.3) is 0 Å². The maximum atomic E-state index is 13.6. The van der Waals surface area contributed by atoms with Gasteiger partial charge in [0.05, 0.1) is 17.3 Å². The fourth-order valence-electron chi connectivity index (χ4n) is 1.71. The van der Waals surface area contributed by atoms with E-state index in [9.17, 15) is 13.2 Å². The second-order valence-electron chi connectivity index (χ2n) is 4.01. The van der Waals surface area contributed by atoms with Crippen molar-refractivity contribution in [1.29, 1.82) is 5.26 Å². The Morgan fingerprint density at radius 2 is 1.85 bits per heavy atom. The molecule has 0 aliphatic carbocycles. The van der Waals surface area contributed by atoms with Crippen LogP contribution in [0.25, 0.3) is 0 Å². The van der Waals surface area contributed by atoms with Crippen LogP contribution < -0.4 is 5.32 Å². The van der Waals surface area contributed by atoms with E-state index in [-0.39, 0.29) is 22.3 Å². The number of nitriles is 1. The molecule has 0 bridgehead atoms. The quantitative estimate of drug-likeness (QED) is 0.901. The smallest absolute Gasteiger partial charge is 0.150 e. The Labute approximate surface area is 122 Å². The van der Waals surface area contributed by atoms with Gasteiger partial charge < -0.3 is 5.32 Å². The molecule has 0 atom stereocenters. The largest absolute Gasteiger partial charge is 0.378 e. The Morgan fingerprint density at radius 3 is 2.50 bits per heavy atom. The number of rotatable bonds is 3. The molecule has 0 aromatic heterocycles. The fraction of sp³-hybridized carbons (Fsp3) is 0.0714. The average molecular weight is 341 g/mol. The van der Waals surface area contributed by atoms with Crippen molar-refractivity contribution in [3.8, 4) is 6.07 Å². The van der Waals surface area contributed by atoms with Crippen LogP contribution in [0.2, 0.25) is 0 Å². The molecule has 20 heavy (non-hydrogen) atoms. The molecule has 2 nitrogen and oxygen atoms in total. The molecule has 0 radical (unpaired) electrons. The highest BCUT2D eigenvalue weighted by Gasteiger charge is 2.10. The zero-order valence-electron chi connectivity index (χ0n) is 10.1. The predicted molar refractivity (Wildman–Crippen MR) is 72.5 cm³/mol. The minimum atomic E-state index is -0.771. The monoisotopic (exact) mass is 340 g/mol. The van der Waals surface area contributed by atoms with Gasteiger partial charge in [-0.1, -0.05) is 0 Å². The highest BCUT2D eigenvalue weighted by atomic mass is 79.9. The summed E-state index contributed by atoms with van der Waals surface area (Å²) in [6.07, 6.45) is 0. The first-order valence-electron chi connectivity index (χ1n) is 5.58. The highest BCUT2D eigenvalue weighted by molar-refractivity contribution is 9.10.